The van der Waals surface area contributed by atoms with Gasteiger partial charge in [-0.3, -0.25) is 4.79 Å². The molecule has 6 N–H and O–H groups in total. The van der Waals surface area contributed by atoms with Crippen LogP contribution in [0.3, 0.4) is 0 Å². The Morgan fingerprint density at radius 2 is 1.68 bits per heavy atom. The number of aliphatic carboxylic acids is 1. The number of carboxylic acid groups (broad SMARTS) is 1. The summed E-state index contributed by atoms with van der Waals surface area (Å²) in [6.07, 6.45) is -12.4. The van der Waals surface area contributed by atoms with Crippen molar-refractivity contribution in [2.75, 3.05) is 7.11 Å². The molecule has 1 saturated heterocycles. The van der Waals surface area contributed by atoms with Gasteiger partial charge in [0.05, 0.1) is 7.11 Å². The highest BCUT2D eigenvalue weighted by molar-refractivity contribution is 6.05. The minimum atomic E-state index is -1.95. The third-order valence-corrected chi connectivity index (χ3v) is 5.64. The molecule has 2 aromatic rings. The fourth-order valence-electron chi connectivity index (χ4n) is 3.88. The number of carbonyl (C=O) groups is 2. The van der Waals surface area contributed by atoms with Crippen molar-refractivity contribution in [2.24, 2.45) is 0 Å². The zero-order chi connectivity index (χ0) is 24.7. The van der Waals surface area contributed by atoms with E-state index < -0.39 is 60.4 Å². The average molecular weight is 478 g/mol. The maximum Gasteiger partial charge on any atom is 0.335 e. The number of Topliss-reactive ketones (excluding diaryl/α,β-unsaturated/α-hetero) is 1. The third-order valence-electron chi connectivity index (χ3n) is 5.64. The zero-order valence-electron chi connectivity index (χ0n) is 17.6. The van der Waals surface area contributed by atoms with Crippen molar-refractivity contribution >= 4 is 11.8 Å². The number of fused-ring (bicyclic) bond motifs is 1. The lowest BCUT2D eigenvalue weighted by atomic mass is 9.92. The van der Waals surface area contributed by atoms with Gasteiger partial charge in [-0.2, -0.15) is 0 Å². The quantitative estimate of drug-likeness (QED) is 0.329. The Balaban J connectivity index is 1.73. The standard InChI is InChI=1S/C22H22O12/c1-31-10-4-2-8(3-5-10)18-19(14(25)13-11(24)6-9(23)7-12(13)32-18)33-22-17(28)15(26)16(27)20(34-22)21(29)30/h2-7,15-20,22-24,26-28H,1H3,(H,29,30). The fraction of sp³-hybridized carbons (Fsp3) is 0.364. The average Bonchev–Trinajstić information content (AvgIpc) is 2.80. The van der Waals surface area contributed by atoms with E-state index in [0.29, 0.717) is 11.3 Å². The molecular weight excluding hydrogens is 456 g/mol. The summed E-state index contributed by atoms with van der Waals surface area (Å²) in [4.78, 5) is 24.8. The number of methoxy groups -OCH3 is 1. The van der Waals surface area contributed by atoms with Gasteiger partial charge >= 0.3 is 5.97 Å². The molecule has 12 heteroatoms. The summed E-state index contributed by atoms with van der Waals surface area (Å²) in [5.74, 6) is -3.01. The predicted molar refractivity (Wildman–Crippen MR) is 110 cm³/mol. The number of aliphatic hydroxyl groups excluding tert-OH is 3. The number of ether oxygens (including phenoxy) is 4. The molecule has 2 aliphatic rings. The molecule has 4 rings (SSSR count). The van der Waals surface area contributed by atoms with Crippen molar-refractivity contribution in [1.29, 1.82) is 0 Å². The summed E-state index contributed by atoms with van der Waals surface area (Å²) in [5, 5.41) is 59.6. The third kappa shape index (κ3) is 4.13. The first-order valence-corrected chi connectivity index (χ1v) is 10.1. The van der Waals surface area contributed by atoms with Gasteiger partial charge < -0.3 is 49.6 Å². The number of rotatable bonds is 5. The van der Waals surface area contributed by atoms with Gasteiger partial charge in [0.1, 0.15) is 46.9 Å². The minimum Gasteiger partial charge on any atom is -0.508 e. The molecule has 2 aromatic carbocycles. The van der Waals surface area contributed by atoms with Crippen LogP contribution in [0.25, 0.3) is 0 Å². The molecule has 1 fully saturated rings. The predicted octanol–water partition coefficient (Wildman–Crippen LogP) is -0.300. The number of ketones is 1. The number of aliphatic hydroxyl groups is 3. The Bertz CT molecular complexity index is 1080. The van der Waals surface area contributed by atoms with Crippen LogP contribution in [-0.4, -0.2) is 86.3 Å². The van der Waals surface area contributed by atoms with Crippen LogP contribution in [0.4, 0.5) is 0 Å². The molecule has 182 valence electrons. The van der Waals surface area contributed by atoms with Crippen molar-refractivity contribution in [1.82, 2.24) is 0 Å². The van der Waals surface area contributed by atoms with E-state index in [0.717, 1.165) is 12.1 Å². The fourth-order valence-corrected chi connectivity index (χ4v) is 3.88. The number of phenols is 2. The maximum absolute atomic E-state index is 13.4. The van der Waals surface area contributed by atoms with E-state index in [2.05, 4.69) is 0 Å². The number of hydrogen-bond acceptors (Lipinski definition) is 11. The lowest BCUT2D eigenvalue weighted by molar-refractivity contribution is -0.304. The van der Waals surface area contributed by atoms with Crippen LogP contribution >= 0.6 is 0 Å². The zero-order valence-corrected chi connectivity index (χ0v) is 17.6. The summed E-state index contributed by atoms with van der Waals surface area (Å²) in [5.41, 5.74) is 0.0847. The van der Waals surface area contributed by atoms with Crippen molar-refractivity contribution in [3.05, 3.63) is 47.5 Å². The summed E-state index contributed by atoms with van der Waals surface area (Å²) in [6.45, 7) is 0. The summed E-state index contributed by atoms with van der Waals surface area (Å²) in [7, 11) is 1.46. The summed E-state index contributed by atoms with van der Waals surface area (Å²) < 4.78 is 21.8. The van der Waals surface area contributed by atoms with E-state index in [4.69, 9.17) is 18.9 Å². The SMILES string of the molecule is COc1ccc(C2Oc3cc(O)cc(O)c3C(=O)C2OC2OC(C(=O)O)C(O)C(O)C2O)cc1. The van der Waals surface area contributed by atoms with Crippen molar-refractivity contribution in [3.8, 4) is 23.0 Å². The van der Waals surface area contributed by atoms with Gasteiger partial charge in [-0.25, -0.2) is 4.79 Å². The van der Waals surface area contributed by atoms with Crippen LogP contribution in [0.5, 0.6) is 23.0 Å². The first kappa shape index (κ1) is 23.7. The lowest BCUT2D eigenvalue weighted by Gasteiger charge is -2.41. The van der Waals surface area contributed by atoms with Gasteiger partial charge in [0, 0.05) is 12.1 Å². The Morgan fingerprint density at radius 1 is 1.00 bits per heavy atom. The number of phenolic OH excluding ortho intramolecular Hbond substituents is 2. The molecule has 0 aliphatic carbocycles. The normalized spacial score (nSPS) is 30.8. The van der Waals surface area contributed by atoms with Crippen molar-refractivity contribution < 1.29 is 59.2 Å². The Hall–Kier alpha value is -3.42. The molecule has 7 unspecified atom stereocenters. The molecule has 0 bridgehead atoms. The lowest BCUT2D eigenvalue weighted by Crippen LogP contribution is -2.61. The molecule has 0 radical (unpaired) electrons. The van der Waals surface area contributed by atoms with Crippen LogP contribution in [0, 0.1) is 0 Å². The Labute approximate surface area is 192 Å². The molecule has 0 aromatic heterocycles. The number of carboxylic acids is 1. The second-order valence-corrected chi connectivity index (χ2v) is 7.81. The van der Waals surface area contributed by atoms with E-state index in [1.54, 1.807) is 24.3 Å². The molecule has 0 amide bonds. The number of hydrogen-bond donors (Lipinski definition) is 6. The van der Waals surface area contributed by atoms with Gasteiger partial charge in [-0.05, 0) is 17.7 Å². The molecule has 12 nitrogen and oxygen atoms in total. The number of carbonyl (C=O) groups excluding carboxylic acids is 1. The summed E-state index contributed by atoms with van der Waals surface area (Å²) >= 11 is 0. The second kappa shape index (κ2) is 9.08. The van der Waals surface area contributed by atoms with Gasteiger partial charge in [0.15, 0.2) is 24.6 Å². The van der Waals surface area contributed by atoms with E-state index >= 15 is 0 Å². The molecule has 2 aliphatic heterocycles. The Kier molecular flexibility index (Phi) is 6.34. The van der Waals surface area contributed by atoms with Crippen molar-refractivity contribution in [2.45, 2.75) is 42.9 Å². The number of aromatic hydroxyl groups is 2. The first-order valence-electron chi connectivity index (χ1n) is 10.1. The van der Waals surface area contributed by atoms with Crippen LogP contribution in [-0.2, 0) is 14.3 Å². The maximum atomic E-state index is 13.4. The number of benzene rings is 2. The monoisotopic (exact) mass is 478 g/mol. The highest BCUT2D eigenvalue weighted by Crippen LogP contribution is 2.43. The van der Waals surface area contributed by atoms with Crippen LogP contribution in [0.15, 0.2) is 36.4 Å². The summed E-state index contributed by atoms with van der Waals surface area (Å²) in [6, 6.07) is 8.36. The van der Waals surface area contributed by atoms with Crippen molar-refractivity contribution in [3.63, 3.8) is 0 Å². The smallest absolute Gasteiger partial charge is 0.335 e. The largest absolute Gasteiger partial charge is 0.508 e. The van der Waals surface area contributed by atoms with Crippen LogP contribution in [0.1, 0.15) is 22.0 Å². The molecular formula is C22H22O12. The van der Waals surface area contributed by atoms with Crippen LogP contribution in [0.2, 0.25) is 0 Å². The van der Waals surface area contributed by atoms with Gasteiger partial charge in [0.2, 0.25) is 5.78 Å². The van der Waals surface area contributed by atoms with E-state index in [1.165, 1.54) is 7.11 Å². The second-order valence-electron chi connectivity index (χ2n) is 7.81. The van der Waals surface area contributed by atoms with E-state index in [-0.39, 0.29) is 17.1 Å². The highest BCUT2D eigenvalue weighted by atomic mass is 16.7. The first-order chi connectivity index (χ1) is 16.1. The molecule has 34 heavy (non-hydrogen) atoms. The highest BCUT2D eigenvalue weighted by Gasteiger charge is 2.51. The van der Waals surface area contributed by atoms with E-state index in [1.807, 2.05) is 0 Å². The van der Waals surface area contributed by atoms with Gasteiger partial charge in [-0.15, -0.1) is 0 Å². The molecule has 0 spiro atoms. The minimum absolute atomic E-state index is 0.132. The Morgan fingerprint density at radius 3 is 2.29 bits per heavy atom. The van der Waals surface area contributed by atoms with Gasteiger partial charge in [0.25, 0.3) is 0 Å². The molecule has 0 saturated carbocycles. The van der Waals surface area contributed by atoms with Gasteiger partial charge in [-0.1, -0.05) is 12.1 Å². The topological polar surface area (TPSA) is 192 Å². The molecule has 2 heterocycles. The van der Waals surface area contributed by atoms with E-state index in [9.17, 15) is 40.2 Å². The van der Waals surface area contributed by atoms with Crippen LogP contribution < -0.4 is 9.47 Å². The molecule has 7 atom stereocenters.